The molecule has 6 heteroatoms. The average molecular weight is 293 g/mol. The van der Waals surface area contributed by atoms with Crippen LogP contribution < -0.4 is 15.4 Å². The highest BCUT2D eigenvalue weighted by Gasteiger charge is 2.24. The van der Waals surface area contributed by atoms with E-state index < -0.39 is 0 Å². The Balaban J connectivity index is 2.10. The van der Waals surface area contributed by atoms with Crippen molar-refractivity contribution < 1.29 is 4.74 Å². The first-order valence-electron chi connectivity index (χ1n) is 8.00. The Morgan fingerprint density at radius 3 is 2.29 bits per heavy atom. The minimum absolute atomic E-state index is 0.378. The lowest BCUT2D eigenvalue weighted by molar-refractivity contribution is 0.279. The number of hydrogen-bond donors (Lipinski definition) is 2. The summed E-state index contributed by atoms with van der Waals surface area (Å²) in [4.78, 5) is 13.0. The van der Waals surface area contributed by atoms with Crippen LogP contribution in [0.5, 0.6) is 6.01 Å². The molecule has 0 saturated heterocycles. The molecule has 118 valence electrons. The summed E-state index contributed by atoms with van der Waals surface area (Å²) in [7, 11) is 0. The smallest absolute Gasteiger partial charge is 0.323 e. The van der Waals surface area contributed by atoms with Gasteiger partial charge in [0.25, 0.3) is 0 Å². The molecule has 1 aliphatic rings. The maximum Gasteiger partial charge on any atom is 0.323 e. The third kappa shape index (κ3) is 4.72. The van der Waals surface area contributed by atoms with Crippen LogP contribution in [0.15, 0.2) is 0 Å². The third-order valence-electron chi connectivity index (χ3n) is 3.73. The molecule has 0 spiro atoms. The minimum atomic E-state index is 0.378. The standard InChI is InChI=1S/C15H27N5O/c1-5-16-13-18-14(20-15(19-13)21-6-2)17-12-8-10(3)7-11(4)9-12/h10-12H,5-9H2,1-4H3,(H2,16,17,18,19,20). The lowest BCUT2D eigenvalue weighted by atomic mass is 9.80. The molecule has 2 N–H and O–H groups in total. The highest BCUT2D eigenvalue weighted by atomic mass is 16.5. The second kappa shape index (κ2) is 7.43. The molecule has 21 heavy (non-hydrogen) atoms. The normalized spacial score (nSPS) is 25.4. The van der Waals surface area contributed by atoms with Gasteiger partial charge in [0.1, 0.15) is 0 Å². The quantitative estimate of drug-likeness (QED) is 0.840. The third-order valence-corrected chi connectivity index (χ3v) is 3.73. The number of aromatic nitrogens is 3. The summed E-state index contributed by atoms with van der Waals surface area (Å²) < 4.78 is 5.42. The van der Waals surface area contributed by atoms with Crippen molar-refractivity contribution in [2.45, 2.75) is 53.0 Å². The molecule has 1 fully saturated rings. The molecule has 1 heterocycles. The zero-order valence-corrected chi connectivity index (χ0v) is 13.5. The second-order valence-electron chi connectivity index (χ2n) is 5.99. The van der Waals surface area contributed by atoms with E-state index in [-0.39, 0.29) is 0 Å². The average Bonchev–Trinajstić information content (AvgIpc) is 2.37. The van der Waals surface area contributed by atoms with E-state index in [1.54, 1.807) is 0 Å². The summed E-state index contributed by atoms with van der Waals surface area (Å²) >= 11 is 0. The molecule has 0 aromatic carbocycles. The Labute approximate surface area is 127 Å². The fourth-order valence-electron chi connectivity index (χ4n) is 3.10. The van der Waals surface area contributed by atoms with Crippen LogP contribution in [0.25, 0.3) is 0 Å². The van der Waals surface area contributed by atoms with E-state index in [4.69, 9.17) is 4.74 Å². The van der Waals surface area contributed by atoms with E-state index in [0.717, 1.165) is 31.2 Å². The summed E-state index contributed by atoms with van der Waals surface area (Å²) in [5.41, 5.74) is 0. The molecule has 0 aliphatic heterocycles. The summed E-state index contributed by atoms with van der Waals surface area (Å²) in [5, 5.41) is 6.58. The van der Waals surface area contributed by atoms with E-state index in [0.29, 0.717) is 30.6 Å². The van der Waals surface area contributed by atoms with Gasteiger partial charge in [-0.1, -0.05) is 13.8 Å². The lowest BCUT2D eigenvalue weighted by Crippen LogP contribution is -2.31. The van der Waals surface area contributed by atoms with Crippen molar-refractivity contribution in [3.8, 4) is 6.01 Å². The number of anilines is 2. The van der Waals surface area contributed by atoms with Crippen molar-refractivity contribution in [3.05, 3.63) is 0 Å². The van der Waals surface area contributed by atoms with Gasteiger partial charge in [-0.25, -0.2) is 0 Å². The number of ether oxygens (including phenoxy) is 1. The topological polar surface area (TPSA) is 72.0 Å². The molecule has 2 rings (SSSR count). The molecule has 2 atom stereocenters. The fourth-order valence-corrected chi connectivity index (χ4v) is 3.10. The van der Waals surface area contributed by atoms with Gasteiger partial charge in [-0.2, -0.15) is 15.0 Å². The van der Waals surface area contributed by atoms with E-state index in [2.05, 4.69) is 39.4 Å². The summed E-state index contributed by atoms with van der Waals surface area (Å²) in [6.07, 6.45) is 3.63. The van der Waals surface area contributed by atoms with Gasteiger partial charge in [-0.05, 0) is 44.9 Å². The van der Waals surface area contributed by atoms with Gasteiger partial charge in [0.15, 0.2) is 0 Å². The van der Waals surface area contributed by atoms with Crippen LogP contribution in [0.2, 0.25) is 0 Å². The Bertz CT molecular complexity index is 419. The zero-order valence-electron chi connectivity index (χ0n) is 13.5. The predicted molar refractivity (Wildman–Crippen MR) is 84.7 cm³/mol. The molecule has 1 aromatic heterocycles. The van der Waals surface area contributed by atoms with Crippen LogP contribution in [0, 0.1) is 11.8 Å². The van der Waals surface area contributed by atoms with Gasteiger partial charge in [0.2, 0.25) is 11.9 Å². The number of nitrogens with zero attached hydrogens (tertiary/aromatic N) is 3. The largest absolute Gasteiger partial charge is 0.464 e. The van der Waals surface area contributed by atoms with Crippen LogP contribution in [-0.2, 0) is 0 Å². The van der Waals surface area contributed by atoms with E-state index in [9.17, 15) is 0 Å². The number of rotatable bonds is 6. The van der Waals surface area contributed by atoms with Gasteiger partial charge < -0.3 is 15.4 Å². The number of hydrogen-bond acceptors (Lipinski definition) is 6. The Morgan fingerprint density at radius 2 is 1.67 bits per heavy atom. The molecule has 2 unspecified atom stereocenters. The van der Waals surface area contributed by atoms with Crippen LogP contribution in [0.3, 0.4) is 0 Å². The first-order chi connectivity index (χ1) is 10.1. The SMILES string of the molecule is CCNc1nc(NC2CC(C)CC(C)C2)nc(OCC)n1. The zero-order chi connectivity index (χ0) is 15.2. The first kappa shape index (κ1) is 15.8. The molecular weight excluding hydrogens is 266 g/mol. The van der Waals surface area contributed by atoms with Gasteiger partial charge in [0, 0.05) is 12.6 Å². The van der Waals surface area contributed by atoms with Crippen LogP contribution in [-0.4, -0.2) is 34.1 Å². The van der Waals surface area contributed by atoms with E-state index >= 15 is 0 Å². The maximum absolute atomic E-state index is 5.42. The molecule has 0 radical (unpaired) electrons. The molecule has 0 bridgehead atoms. The van der Waals surface area contributed by atoms with Gasteiger partial charge >= 0.3 is 6.01 Å². The van der Waals surface area contributed by atoms with E-state index in [1.807, 2.05) is 13.8 Å². The van der Waals surface area contributed by atoms with Gasteiger partial charge in [-0.3, -0.25) is 0 Å². The molecule has 1 aliphatic carbocycles. The van der Waals surface area contributed by atoms with Crippen molar-refractivity contribution in [2.75, 3.05) is 23.8 Å². The maximum atomic E-state index is 5.42. The Morgan fingerprint density at radius 1 is 1.00 bits per heavy atom. The predicted octanol–water partition coefficient (Wildman–Crippen LogP) is 2.94. The van der Waals surface area contributed by atoms with Gasteiger partial charge in [-0.15, -0.1) is 0 Å². The minimum Gasteiger partial charge on any atom is -0.464 e. The van der Waals surface area contributed by atoms with Crippen molar-refractivity contribution in [2.24, 2.45) is 11.8 Å². The molecule has 1 saturated carbocycles. The first-order valence-corrected chi connectivity index (χ1v) is 8.00. The van der Waals surface area contributed by atoms with Crippen molar-refractivity contribution in [1.29, 1.82) is 0 Å². The van der Waals surface area contributed by atoms with Gasteiger partial charge in [0.05, 0.1) is 6.61 Å². The highest BCUT2D eigenvalue weighted by molar-refractivity contribution is 5.36. The van der Waals surface area contributed by atoms with E-state index in [1.165, 1.54) is 6.42 Å². The Hall–Kier alpha value is -1.59. The Kier molecular flexibility index (Phi) is 5.59. The number of nitrogens with one attached hydrogen (secondary N) is 2. The second-order valence-corrected chi connectivity index (χ2v) is 5.99. The highest BCUT2D eigenvalue weighted by Crippen LogP contribution is 2.30. The van der Waals surface area contributed by atoms with Crippen molar-refractivity contribution >= 4 is 11.9 Å². The van der Waals surface area contributed by atoms with Crippen LogP contribution in [0.4, 0.5) is 11.9 Å². The molecular formula is C15H27N5O. The molecule has 1 aromatic rings. The lowest BCUT2D eigenvalue weighted by Gasteiger charge is -2.31. The molecule has 0 amide bonds. The summed E-state index contributed by atoms with van der Waals surface area (Å²) in [6, 6.07) is 0.804. The van der Waals surface area contributed by atoms with Crippen molar-refractivity contribution in [1.82, 2.24) is 15.0 Å². The monoisotopic (exact) mass is 293 g/mol. The van der Waals surface area contributed by atoms with Crippen LogP contribution in [0.1, 0.15) is 47.0 Å². The van der Waals surface area contributed by atoms with Crippen molar-refractivity contribution in [3.63, 3.8) is 0 Å². The van der Waals surface area contributed by atoms with Crippen LogP contribution >= 0.6 is 0 Å². The molecule has 6 nitrogen and oxygen atoms in total. The fraction of sp³-hybridized carbons (Fsp3) is 0.800. The summed E-state index contributed by atoms with van der Waals surface area (Å²) in [6.45, 7) is 9.88. The summed E-state index contributed by atoms with van der Waals surface area (Å²) in [5.74, 6) is 2.66.